The first-order valence-electron chi connectivity index (χ1n) is 9.92. The zero-order valence-electron chi connectivity index (χ0n) is 17.4. The van der Waals surface area contributed by atoms with Gasteiger partial charge in [0.1, 0.15) is 5.82 Å². The number of methoxy groups -OCH3 is 2. The number of nitrogens with zero attached hydrogens (tertiary/aromatic N) is 2. The van der Waals surface area contributed by atoms with E-state index >= 15 is 0 Å². The highest BCUT2D eigenvalue weighted by Crippen LogP contribution is 2.27. The van der Waals surface area contributed by atoms with Crippen LogP contribution < -0.4 is 20.5 Å². The first-order chi connectivity index (χ1) is 14.6. The van der Waals surface area contributed by atoms with Crippen molar-refractivity contribution < 1.29 is 18.6 Å². The normalized spacial score (nSPS) is 16.2. The molecule has 1 heterocycles. The number of guanidine groups is 1. The zero-order chi connectivity index (χ0) is 21.3. The summed E-state index contributed by atoms with van der Waals surface area (Å²) in [7, 11) is 3.20. The molecule has 30 heavy (non-hydrogen) atoms. The zero-order valence-corrected chi connectivity index (χ0v) is 17.4. The van der Waals surface area contributed by atoms with Crippen LogP contribution in [0.1, 0.15) is 17.2 Å². The highest BCUT2D eigenvalue weighted by molar-refractivity contribution is 5.77. The van der Waals surface area contributed by atoms with E-state index in [4.69, 9.17) is 19.9 Å². The van der Waals surface area contributed by atoms with Gasteiger partial charge in [0, 0.05) is 19.6 Å². The van der Waals surface area contributed by atoms with E-state index in [0.717, 1.165) is 24.2 Å². The predicted molar refractivity (Wildman–Crippen MR) is 114 cm³/mol. The average Bonchev–Trinajstić information content (AvgIpc) is 2.79. The highest BCUT2D eigenvalue weighted by Gasteiger charge is 2.22. The molecule has 1 aliphatic rings. The lowest BCUT2D eigenvalue weighted by Gasteiger charge is -2.35. The minimum Gasteiger partial charge on any atom is -0.493 e. The molecule has 0 radical (unpaired) electrons. The van der Waals surface area contributed by atoms with Gasteiger partial charge in [-0.15, -0.1) is 0 Å². The molecule has 7 nitrogen and oxygen atoms in total. The number of ether oxygens (including phenoxy) is 3. The van der Waals surface area contributed by atoms with Gasteiger partial charge in [-0.25, -0.2) is 9.38 Å². The monoisotopic (exact) mass is 416 g/mol. The molecule has 162 valence electrons. The van der Waals surface area contributed by atoms with E-state index in [0.29, 0.717) is 43.8 Å². The fourth-order valence-corrected chi connectivity index (χ4v) is 3.44. The smallest absolute Gasteiger partial charge is 0.188 e. The SMILES string of the molecule is COc1ccc(CN=C(N)NCC(c2ccc(F)cc2)N2CCOCC2)cc1OC. The van der Waals surface area contributed by atoms with Crippen LogP contribution in [0.5, 0.6) is 11.5 Å². The second-order valence-electron chi connectivity index (χ2n) is 6.99. The Bertz CT molecular complexity index is 839. The Labute approximate surface area is 176 Å². The molecule has 0 spiro atoms. The predicted octanol–water partition coefficient (Wildman–Crippen LogP) is 2.32. The van der Waals surface area contributed by atoms with E-state index in [2.05, 4.69) is 15.2 Å². The van der Waals surface area contributed by atoms with Gasteiger partial charge in [-0.2, -0.15) is 0 Å². The summed E-state index contributed by atoms with van der Waals surface area (Å²) in [5.74, 6) is 1.43. The van der Waals surface area contributed by atoms with Crippen molar-refractivity contribution in [2.45, 2.75) is 12.6 Å². The molecule has 3 rings (SSSR count). The standard InChI is InChI=1S/C22H29FN4O3/c1-28-20-8-3-16(13-21(20)29-2)14-25-22(24)26-15-19(27-9-11-30-12-10-27)17-4-6-18(23)7-5-17/h3-8,13,19H,9-12,14-15H2,1-2H3,(H3,24,25,26). The summed E-state index contributed by atoms with van der Waals surface area (Å²) in [6.07, 6.45) is 0. The minimum absolute atomic E-state index is 0.0457. The van der Waals surface area contributed by atoms with Crippen molar-refractivity contribution in [3.63, 3.8) is 0 Å². The molecule has 0 saturated carbocycles. The Morgan fingerprint density at radius 1 is 1.13 bits per heavy atom. The number of hydrogen-bond acceptors (Lipinski definition) is 5. The van der Waals surface area contributed by atoms with Crippen molar-refractivity contribution in [1.82, 2.24) is 10.2 Å². The van der Waals surface area contributed by atoms with Crippen LogP contribution in [0.4, 0.5) is 4.39 Å². The van der Waals surface area contributed by atoms with E-state index in [9.17, 15) is 4.39 Å². The summed E-state index contributed by atoms with van der Waals surface area (Å²) < 4.78 is 29.4. The summed E-state index contributed by atoms with van der Waals surface area (Å²) in [5.41, 5.74) is 8.09. The molecular weight excluding hydrogens is 387 g/mol. The molecule has 0 bridgehead atoms. The maximum absolute atomic E-state index is 13.4. The van der Waals surface area contributed by atoms with E-state index in [1.54, 1.807) is 14.2 Å². The molecule has 1 saturated heterocycles. The number of aliphatic imine (C=N–C) groups is 1. The summed E-state index contributed by atoms with van der Waals surface area (Å²) in [4.78, 5) is 6.74. The topological polar surface area (TPSA) is 81.3 Å². The van der Waals surface area contributed by atoms with E-state index in [1.165, 1.54) is 12.1 Å². The lowest BCUT2D eigenvalue weighted by Crippen LogP contribution is -2.45. The third kappa shape index (κ3) is 5.84. The summed E-state index contributed by atoms with van der Waals surface area (Å²) >= 11 is 0. The van der Waals surface area contributed by atoms with Crippen molar-refractivity contribution >= 4 is 5.96 Å². The number of morpholine rings is 1. The van der Waals surface area contributed by atoms with Crippen LogP contribution in [-0.2, 0) is 11.3 Å². The first-order valence-corrected chi connectivity index (χ1v) is 9.92. The van der Waals surface area contributed by atoms with Gasteiger partial charge in [-0.05, 0) is 35.4 Å². The van der Waals surface area contributed by atoms with Gasteiger partial charge < -0.3 is 25.3 Å². The van der Waals surface area contributed by atoms with Crippen molar-refractivity contribution in [3.05, 3.63) is 59.4 Å². The molecule has 1 atom stereocenters. The van der Waals surface area contributed by atoms with E-state index in [1.807, 2.05) is 30.3 Å². The van der Waals surface area contributed by atoms with Crippen LogP contribution in [0.25, 0.3) is 0 Å². The van der Waals surface area contributed by atoms with Gasteiger partial charge >= 0.3 is 0 Å². The molecule has 8 heteroatoms. The number of hydrogen-bond donors (Lipinski definition) is 2. The number of nitrogens with one attached hydrogen (secondary N) is 1. The second kappa shape index (κ2) is 10.8. The molecule has 2 aromatic carbocycles. The molecular formula is C22H29FN4O3. The Morgan fingerprint density at radius 2 is 1.83 bits per heavy atom. The summed E-state index contributed by atoms with van der Waals surface area (Å²) in [6, 6.07) is 12.3. The largest absolute Gasteiger partial charge is 0.493 e. The third-order valence-corrected chi connectivity index (χ3v) is 5.10. The fraction of sp³-hybridized carbons (Fsp3) is 0.409. The number of benzene rings is 2. The lowest BCUT2D eigenvalue weighted by atomic mass is 10.0. The maximum atomic E-state index is 13.4. The highest BCUT2D eigenvalue weighted by atomic mass is 19.1. The third-order valence-electron chi connectivity index (χ3n) is 5.10. The fourth-order valence-electron chi connectivity index (χ4n) is 3.44. The van der Waals surface area contributed by atoms with Gasteiger partial charge in [-0.1, -0.05) is 18.2 Å². The van der Waals surface area contributed by atoms with Gasteiger partial charge in [0.2, 0.25) is 0 Å². The van der Waals surface area contributed by atoms with Crippen LogP contribution in [0.2, 0.25) is 0 Å². The van der Waals surface area contributed by atoms with Crippen LogP contribution in [0.3, 0.4) is 0 Å². The summed E-state index contributed by atoms with van der Waals surface area (Å²) in [5, 5.41) is 3.21. The van der Waals surface area contributed by atoms with E-state index in [-0.39, 0.29) is 11.9 Å². The van der Waals surface area contributed by atoms with Crippen molar-refractivity contribution in [2.24, 2.45) is 10.7 Å². The van der Waals surface area contributed by atoms with Gasteiger partial charge in [0.25, 0.3) is 0 Å². The van der Waals surface area contributed by atoms with Gasteiger partial charge in [0.15, 0.2) is 17.5 Å². The maximum Gasteiger partial charge on any atom is 0.188 e. The summed E-state index contributed by atoms with van der Waals surface area (Å²) in [6.45, 7) is 3.96. The number of nitrogens with two attached hydrogens (primary N) is 1. The quantitative estimate of drug-likeness (QED) is 0.508. The molecule has 2 aromatic rings. The molecule has 1 fully saturated rings. The Balaban J connectivity index is 1.64. The first kappa shape index (κ1) is 21.9. The van der Waals surface area contributed by atoms with Crippen molar-refractivity contribution in [1.29, 1.82) is 0 Å². The molecule has 0 aromatic heterocycles. The Hall–Kier alpha value is -2.84. The molecule has 1 unspecified atom stereocenters. The number of rotatable bonds is 8. The molecule has 0 aliphatic carbocycles. The van der Waals surface area contributed by atoms with Crippen LogP contribution in [-0.4, -0.2) is 57.9 Å². The Morgan fingerprint density at radius 3 is 2.50 bits per heavy atom. The molecule has 3 N–H and O–H groups in total. The van der Waals surface area contributed by atoms with Crippen molar-refractivity contribution in [2.75, 3.05) is 47.1 Å². The van der Waals surface area contributed by atoms with E-state index < -0.39 is 0 Å². The average molecular weight is 416 g/mol. The van der Waals surface area contributed by atoms with Crippen LogP contribution in [0, 0.1) is 5.82 Å². The number of halogens is 1. The Kier molecular flexibility index (Phi) is 7.87. The van der Waals surface area contributed by atoms with Gasteiger partial charge in [-0.3, -0.25) is 4.90 Å². The lowest BCUT2D eigenvalue weighted by molar-refractivity contribution is 0.0170. The van der Waals surface area contributed by atoms with Crippen molar-refractivity contribution in [3.8, 4) is 11.5 Å². The van der Waals surface area contributed by atoms with Gasteiger partial charge in [0.05, 0.1) is 40.0 Å². The van der Waals surface area contributed by atoms with Crippen LogP contribution in [0.15, 0.2) is 47.5 Å². The molecule has 0 amide bonds. The second-order valence-corrected chi connectivity index (χ2v) is 6.99. The molecule has 1 aliphatic heterocycles. The minimum atomic E-state index is -0.247. The van der Waals surface area contributed by atoms with Crippen LogP contribution >= 0.6 is 0 Å².